The second-order valence-electron chi connectivity index (χ2n) is 10.5. The van der Waals surface area contributed by atoms with E-state index in [1.807, 2.05) is 0 Å². The van der Waals surface area contributed by atoms with Crippen molar-refractivity contribution in [3.63, 3.8) is 0 Å². The average molecular weight is 632 g/mol. The number of nitro benzene ring substituents is 1. The van der Waals surface area contributed by atoms with Gasteiger partial charge in [0.2, 0.25) is 5.91 Å². The number of aliphatic hydroxyl groups is 1. The van der Waals surface area contributed by atoms with Crippen LogP contribution in [0.3, 0.4) is 0 Å². The molecule has 5 rings (SSSR count). The van der Waals surface area contributed by atoms with Gasteiger partial charge < -0.3 is 23.9 Å². The molecule has 0 spiro atoms. The van der Waals surface area contributed by atoms with Crippen LogP contribution in [0.25, 0.3) is 11.0 Å². The van der Waals surface area contributed by atoms with Crippen molar-refractivity contribution in [2.75, 3.05) is 11.9 Å². The molecule has 0 aliphatic carbocycles. The fraction of sp³-hybridized carbons (Fsp3) is 0.310. The molecule has 0 saturated carbocycles. The van der Waals surface area contributed by atoms with Crippen LogP contribution >= 0.6 is 0 Å². The smallest absolute Gasteiger partial charge is 0.417 e. The number of non-ortho nitro benzene ring substituents is 1. The third kappa shape index (κ3) is 5.95. The first-order valence-electron chi connectivity index (χ1n) is 13.4. The number of nitro groups is 1. The summed E-state index contributed by atoms with van der Waals surface area (Å²) in [5.74, 6) is -2.82. The van der Waals surface area contributed by atoms with Crippen LogP contribution in [0.5, 0.6) is 0 Å². The first kappa shape index (κ1) is 31.2. The number of hydrogen-bond donors (Lipinski definition) is 2. The summed E-state index contributed by atoms with van der Waals surface area (Å²) in [6, 6.07) is 8.15. The number of carbonyl (C=O) groups excluding carboxylic acids is 3. The van der Waals surface area contributed by atoms with E-state index >= 15 is 0 Å². The van der Waals surface area contributed by atoms with E-state index in [9.17, 15) is 47.6 Å². The Labute approximate surface area is 251 Å². The van der Waals surface area contributed by atoms with Crippen molar-refractivity contribution in [1.82, 2.24) is 4.90 Å². The van der Waals surface area contributed by atoms with Crippen LogP contribution in [-0.4, -0.2) is 51.7 Å². The quantitative estimate of drug-likeness (QED) is 0.121. The molecule has 2 N–H and O–H groups in total. The van der Waals surface area contributed by atoms with Crippen LogP contribution in [0, 0.1) is 22.0 Å². The highest BCUT2D eigenvalue weighted by molar-refractivity contribution is 6.01. The Kier molecular flexibility index (Phi) is 8.10. The van der Waals surface area contributed by atoms with Gasteiger partial charge in [-0.15, -0.1) is 0 Å². The number of esters is 1. The molecule has 4 atom stereocenters. The molecule has 3 heterocycles. The van der Waals surface area contributed by atoms with E-state index in [-0.39, 0.29) is 29.3 Å². The van der Waals surface area contributed by atoms with Crippen LogP contribution in [0.15, 0.2) is 69.0 Å². The molecule has 0 bridgehead atoms. The number of hydrogen-bond acceptors (Lipinski definition) is 10. The number of halogens is 3. The maximum atomic E-state index is 13.3. The average Bonchev–Trinajstić information content (AvgIpc) is 3.21. The van der Waals surface area contributed by atoms with E-state index in [4.69, 9.17) is 13.9 Å². The second kappa shape index (κ2) is 11.7. The maximum Gasteiger partial charge on any atom is 0.417 e. The Balaban J connectivity index is 1.33. The number of nitrogens with zero attached hydrogens (tertiary/aromatic N) is 2. The zero-order valence-corrected chi connectivity index (χ0v) is 23.5. The predicted octanol–water partition coefficient (Wildman–Crippen LogP) is 4.12. The van der Waals surface area contributed by atoms with Gasteiger partial charge in [0.1, 0.15) is 24.5 Å². The number of ether oxygens (including phenoxy) is 2. The summed E-state index contributed by atoms with van der Waals surface area (Å²) in [6.07, 6.45) is -6.93. The van der Waals surface area contributed by atoms with Crippen molar-refractivity contribution in [1.29, 1.82) is 0 Å². The van der Waals surface area contributed by atoms with Gasteiger partial charge in [-0.2, -0.15) is 13.2 Å². The topological polar surface area (TPSA) is 179 Å². The molecule has 13 nitrogen and oxygen atoms in total. The number of rotatable bonds is 8. The second-order valence-corrected chi connectivity index (χ2v) is 10.5. The molecule has 2 aliphatic rings. The normalized spacial score (nSPS) is 20.0. The number of β-lactam (4-membered cyclic amide) rings is 1. The van der Waals surface area contributed by atoms with Crippen molar-refractivity contribution < 1.29 is 51.5 Å². The molecule has 1 aromatic heterocycles. The number of carbonyl (C=O) groups is 3. The van der Waals surface area contributed by atoms with Gasteiger partial charge >= 0.3 is 23.9 Å². The van der Waals surface area contributed by atoms with E-state index in [1.165, 1.54) is 36.1 Å². The first-order chi connectivity index (χ1) is 21.2. The molecule has 2 amide bonds. The number of nitrogens with one attached hydrogen (secondary N) is 1. The van der Waals surface area contributed by atoms with E-state index < -0.39 is 81.8 Å². The molecular formula is C29H24F3N3O10. The zero-order chi connectivity index (χ0) is 32.8. The van der Waals surface area contributed by atoms with Crippen LogP contribution in [0.4, 0.5) is 29.3 Å². The minimum Gasteiger partial charge on any atom is -0.456 e. The molecule has 1 saturated heterocycles. The Hall–Kier alpha value is -5.25. The number of alkyl halides is 3. The van der Waals surface area contributed by atoms with Gasteiger partial charge in [-0.05, 0) is 36.8 Å². The summed E-state index contributed by atoms with van der Waals surface area (Å²) in [5.41, 5.74) is -2.60. The van der Waals surface area contributed by atoms with E-state index in [1.54, 1.807) is 6.92 Å². The molecule has 236 valence electrons. The van der Waals surface area contributed by atoms with Crippen LogP contribution in [-0.2, 0) is 31.8 Å². The fourth-order valence-electron chi connectivity index (χ4n) is 5.53. The summed E-state index contributed by atoms with van der Waals surface area (Å²) in [7, 11) is 0. The Bertz CT molecular complexity index is 1800. The summed E-state index contributed by atoms with van der Waals surface area (Å²) in [6.45, 7) is 2.33. The summed E-state index contributed by atoms with van der Waals surface area (Å²) >= 11 is 0. The third-order valence-corrected chi connectivity index (χ3v) is 7.68. The highest BCUT2D eigenvalue weighted by Gasteiger charge is 2.60. The lowest BCUT2D eigenvalue weighted by atomic mass is 9.78. The van der Waals surface area contributed by atoms with E-state index in [0.717, 1.165) is 18.2 Å². The lowest BCUT2D eigenvalue weighted by Gasteiger charge is -2.46. The van der Waals surface area contributed by atoms with E-state index in [0.29, 0.717) is 11.6 Å². The maximum absolute atomic E-state index is 13.3. The highest BCUT2D eigenvalue weighted by Crippen LogP contribution is 2.47. The van der Waals surface area contributed by atoms with Crippen molar-refractivity contribution in [2.45, 2.75) is 38.8 Å². The summed E-state index contributed by atoms with van der Waals surface area (Å²) < 4.78 is 55.5. The molecule has 2 aromatic carbocycles. The van der Waals surface area contributed by atoms with Gasteiger partial charge in [0.15, 0.2) is 0 Å². The number of aliphatic hydroxyl groups excluding tert-OH is 1. The van der Waals surface area contributed by atoms with Gasteiger partial charge in [-0.1, -0.05) is 6.92 Å². The standard InChI is InChI=1S/C29H24F3N3O10/c1-13-19(12-44-28(40)33-16-5-8-18-20(29(30,31)32)10-22(37)45-21(18)9-16)25(34-24(13)23(14(2)36)26(34)38)27(39)43-11-15-3-6-17(7-4-15)35(41)42/h3-10,13-14,23-24,36H,11-12H2,1-2H3,(H,33,40)/t13-,14+,23+,24+/m0/s1. The van der Waals surface area contributed by atoms with Gasteiger partial charge in [-0.25, -0.2) is 14.4 Å². The molecule has 45 heavy (non-hydrogen) atoms. The Morgan fingerprint density at radius 3 is 2.42 bits per heavy atom. The minimum absolute atomic E-state index is 0.0562. The largest absolute Gasteiger partial charge is 0.456 e. The van der Waals surface area contributed by atoms with Gasteiger partial charge in [-0.3, -0.25) is 20.2 Å². The molecule has 1 fully saturated rings. The number of benzene rings is 2. The van der Waals surface area contributed by atoms with Gasteiger partial charge in [0, 0.05) is 46.8 Å². The molecule has 0 unspecified atom stereocenters. The molecule has 16 heteroatoms. The Morgan fingerprint density at radius 2 is 1.80 bits per heavy atom. The van der Waals surface area contributed by atoms with Crippen molar-refractivity contribution in [3.8, 4) is 0 Å². The lowest BCUT2D eigenvalue weighted by Crippen LogP contribution is -2.63. The predicted molar refractivity (Wildman–Crippen MR) is 147 cm³/mol. The van der Waals surface area contributed by atoms with Crippen LogP contribution in [0.1, 0.15) is 25.0 Å². The summed E-state index contributed by atoms with van der Waals surface area (Å²) in [5, 5.41) is 23.0. The van der Waals surface area contributed by atoms with E-state index in [2.05, 4.69) is 5.32 Å². The molecule has 2 aliphatic heterocycles. The SMILES string of the molecule is C[C@@H](O)[C@H]1C(=O)N2C(C(=O)OCc3ccc([N+](=O)[O-])cc3)=C(COC(=O)Nc3ccc4c(C(F)(F)F)cc(=O)oc4c3)[C@H](C)[C@H]12. The lowest BCUT2D eigenvalue weighted by molar-refractivity contribution is -0.384. The zero-order valence-electron chi connectivity index (χ0n) is 23.5. The molecule has 3 aromatic rings. The van der Waals surface area contributed by atoms with Crippen molar-refractivity contribution in [3.05, 3.63) is 91.5 Å². The third-order valence-electron chi connectivity index (χ3n) is 7.68. The monoisotopic (exact) mass is 631 g/mol. The molecular weight excluding hydrogens is 607 g/mol. The molecule has 0 radical (unpaired) electrons. The highest BCUT2D eigenvalue weighted by atomic mass is 19.4. The number of anilines is 1. The van der Waals surface area contributed by atoms with Crippen molar-refractivity contribution in [2.24, 2.45) is 11.8 Å². The van der Waals surface area contributed by atoms with Gasteiger partial charge in [0.05, 0.1) is 28.6 Å². The first-order valence-corrected chi connectivity index (χ1v) is 13.4. The summed E-state index contributed by atoms with van der Waals surface area (Å²) in [4.78, 5) is 62.0. The Morgan fingerprint density at radius 1 is 1.11 bits per heavy atom. The van der Waals surface area contributed by atoms with Crippen LogP contribution in [0.2, 0.25) is 0 Å². The van der Waals surface area contributed by atoms with Crippen molar-refractivity contribution >= 4 is 40.3 Å². The minimum atomic E-state index is -4.82. The number of fused-ring (bicyclic) bond motifs is 2. The van der Waals surface area contributed by atoms with Crippen LogP contribution < -0.4 is 10.9 Å². The fourth-order valence-corrected chi connectivity index (χ4v) is 5.53. The number of amides is 2. The van der Waals surface area contributed by atoms with Gasteiger partial charge in [0.25, 0.3) is 5.69 Å².